The standard InChI is InChI=1S/C24H36N6O/c25-21-24(6-14-29(15-7-24)20-22-4-8-26-9-5-22)23(31)30-13-3-12-28(18-19-30)17-16-27-10-1-2-11-27/h4-5,8-9H,1-3,6-7,10-20H2. The number of nitrogens with zero attached hydrogens (tertiary/aromatic N) is 6. The molecule has 3 saturated heterocycles. The van der Waals surface area contributed by atoms with Crippen LogP contribution in [0.2, 0.25) is 0 Å². The maximum absolute atomic E-state index is 13.4. The van der Waals surface area contributed by atoms with Gasteiger partial charge in [-0.2, -0.15) is 5.26 Å². The average Bonchev–Trinajstić information content (AvgIpc) is 3.23. The fourth-order valence-corrected chi connectivity index (χ4v) is 5.20. The van der Waals surface area contributed by atoms with Gasteiger partial charge in [-0.1, -0.05) is 0 Å². The summed E-state index contributed by atoms with van der Waals surface area (Å²) in [5.74, 6) is 0.0694. The predicted octanol–water partition coefficient (Wildman–Crippen LogP) is 1.82. The van der Waals surface area contributed by atoms with Crippen molar-refractivity contribution in [3.63, 3.8) is 0 Å². The second-order valence-corrected chi connectivity index (χ2v) is 9.36. The minimum absolute atomic E-state index is 0.0694. The van der Waals surface area contributed by atoms with Crippen LogP contribution in [0.5, 0.6) is 0 Å². The number of pyridine rings is 1. The Bertz CT molecular complexity index is 749. The number of carbonyl (C=O) groups is 1. The third-order valence-electron chi connectivity index (χ3n) is 7.30. The number of nitriles is 1. The lowest BCUT2D eigenvalue weighted by molar-refractivity contribution is -0.141. The maximum atomic E-state index is 13.4. The average molecular weight is 425 g/mol. The summed E-state index contributed by atoms with van der Waals surface area (Å²) in [6.45, 7) is 10.7. The van der Waals surface area contributed by atoms with Gasteiger partial charge in [-0.25, -0.2) is 0 Å². The molecular weight excluding hydrogens is 388 g/mol. The molecule has 4 rings (SSSR count). The Hall–Kier alpha value is -2.01. The van der Waals surface area contributed by atoms with E-state index in [4.69, 9.17) is 0 Å². The van der Waals surface area contributed by atoms with Gasteiger partial charge in [0, 0.05) is 64.8 Å². The van der Waals surface area contributed by atoms with Gasteiger partial charge in [-0.05, 0) is 69.4 Å². The van der Waals surface area contributed by atoms with Crippen LogP contribution < -0.4 is 0 Å². The highest BCUT2D eigenvalue weighted by molar-refractivity contribution is 5.85. The third-order valence-corrected chi connectivity index (χ3v) is 7.30. The van der Waals surface area contributed by atoms with E-state index in [1.807, 2.05) is 29.4 Å². The van der Waals surface area contributed by atoms with Crippen molar-refractivity contribution in [3.05, 3.63) is 30.1 Å². The smallest absolute Gasteiger partial charge is 0.243 e. The van der Waals surface area contributed by atoms with E-state index in [9.17, 15) is 10.1 Å². The van der Waals surface area contributed by atoms with Crippen LogP contribution in [-0.2, 0) is 11.3 Å². The molecule has 0 spiro atoms. The Labute approximate surface area is 186 Å². The highest BCUT2D eigenvalue weighted by atomic mass is 16.2. The van der Waals surface area contributed by atoms with Crippen LogP contribution >= 0.6 is 0 Å². The molecule has 168 valence electrons. The quantitative estimate of drug-likeness (QED) is 0.694. The first-order valence-corrected chi connectivity index (χ1v) is 12.0. The summed E-state index contributed by atoms with van der Waals surface area (Å²) >= 11 is 0. The van der Waals surface area contributed by atoms with Crippen LogP contribution in [0, 0.1) is 16.7 Å². The van der Waals surface area contributed by atoms with Crippen molar-refractivity contribution in [1.29, 1.82) is 5.26 Å². The number of aromatic nitrogens is 1. The van der Waals surface area contributed by atoms with Gasteiger partial charge in [0.25, 0.3) is 0 Å². The van der Waals surface area contributed by atoms with Gasteiger partial charge < -0.3 is 14.7 Å². The largest absolute Gasteiger partial charge is 0.340 e. The molecule has 1 amide bonds. The predicted molar refractivity (Wildman–Crippen MR) is 120 cm³/mol. The normalized spacial score (nSPS) is 23.4. The monoisotopic (exact) mass is 424 g/mol. The lowest BCUT2D eigenvalue weighted by atomic mass is 9.78. The van der Waals surface area contributed by atoms with Crippen LogP contribution in [0.25, 0.3) is 0 Å². The van der Waals surface area contributed by atoms with Gasteiger partial charge >= 0.3 is 0 Å². The Morgan fingerprint density at radius 2 is 1.52 bits per heavy atom. The van der Waals surface area contributed by atoms with E-state index in [2.05, 4.69) is 25.8 Å². The van der Waals surface area contributed by atoms with E-state index in [0.717, 1.165) is 65.3 Å². The highest BCUT2D eigenvalue weighted by Gasteiger charge is 2.44. The van der Waals surface area contributed by atoms with Crippen molar-refractivity contribution in [2.45, 2.75) is 38.6 Å². The molecule has 1 aromatic heterocycles. The molecule has 0 radical (unpaired) electrons. The van der Waals surface area contributed by atoms with Crippen molar-refractivity contribution in [1.82, 2.24) is 24.6 Å². The van der Waals surface area contributed by atoms with E-state index in [1.54, 1.807) is 0 Å². The van der Waals surface area contributed by atoms with Crippen molar-refractivity contribution in [2.75, 3.05) is 65.4 Å². The topological polar surface area (TPSA) is 66.7 Å². The van der Waals surface area contributed by atoms with E-state index in [-0.39, 0.29) is 5.91 Å². The van der Waals surface area contributed by atoms with Gasteiger partial charge in [0.15, 0.2) is 0 Å². The lowest BCUT2D eigenvalue weighted by Crippen LogP contribution is -2.50. The molecule has 7 heteroatoms. The van der Waals surface area contributed by atoms with Gasteiger partial charge in [0.1, 0.15) is 5.41 Å². The molecule has 3 aliphatic heterocycles. The van der Waals surface area contributed by atoms with Crippen molar-refractivity contribution >= 4 is 5.91 Å². The molecule has 0 unspecified atom stereocenters. The van der Waals surface area contributed by atoms with Gasteiger partial charge in [0.05, 0.1) is 6.07 Å². The molecule has 7 nitrogen and oxygen atoms in total. The molecule has 31 heavy (non-hydrogen) atoms. The van der Waals surface area contributed by atoms with Crippen LogP contribution in [0.15, 0.2) is 24.5 Å². The summed E-state index contributed by atoms with van der Waals surface area (Å²) in [5, 5.41) is 10.0. The lowest BCUT2D eigenvalue weighted by Gasteiger charge is -2.39. The van der Waals surface area contributed by atoms with Gasteiger partial charge in [0.2, 0.25) is 5.91 Å². The minimum atomic E-state index is -0.848. The molecule has 0 N–H and O–H groups in total. The van der Waals surface area contributed by atoms with Crippen LogP contribution in [0.3, 0.4) is 0 Å². The molecule has 0 aromatic carbocycles. The first kappa shape index (κ1) is 22.2. The van der Waals surface area contributed by atoms with E-state index in [1.165, 1.54) is 31.5 Å². The molecule has 4 heterocycles. The van der Waals surface area contributed by atoms with Gasteiger partial charge in [-0.15, -0.1) is 0 Å². The Morgan fingerprint density at radius 3 is 2.19 bits per heavy atom. The molecule has 1 aromatic rings. The minimum Gasteiger partial charge on any atom is -0.340 e. The molecule has 3 fully saturated rings. The van der Waals surface area contributed by atoms with Crippen LogP contribution in [0.4, 0.5) is 0 Å². The summed E-state index contributed by atoms with van der Waals surface area (Å²) in [5.41, 5.74) is 0.381. The zero-order valence-electron chi connectivity index (χ0n) is 18.7. The van der Waals surface area contributed by atoms with Gasteiger partial charge in [-0.3, -0.25) is 14.7 Å². The molecular formula is C24H36N6O. The summed E-state index contributed by atoms with van der Waals surface area (Å²) in [6, 6.07) is 6.51. The fourth-order valence-electron chi connectivity index (χ4n) is 5.20. The summed E-state index contributed by atoms with van der Waals surface area (Å²) < 4.78 is 0. The number of piperidine rings is 1. The zero-order chi connectivity index (χ0) is 21.5. The fraction of sp³-hybridized carbons (Fsp3) is 0.708. The first-order valence-electron chi connectivity index (χ1n) is 12.0. The number of amides is 1. The van der Waals surface area contributed by atoms with Crippen LogP contribution in [-0.4, -0.2) is 95.9 Å². The first-order chi connectivity index (χ1) is 15.2. The highest BCUT2D eigenvalue weighted by Crippen LogP contribution is 2.34. The van der Waals surface area contributed by atoms with Crippen molar-refractivity contribution in [2.24, 2.45) is 5.41 Å². The number of likely N-dealkylation sites (tertiary alicyclic amines) is 2. The number of hydrogen-bond donors (Lipinski definition) is 0. The van der Waals surface area contributed by atoms with Crippen LogP contribution in [0.1, 0.15) is 37.7 Å². The zero-order valence-corrected chi connectivity index (χ0v) is 18.7. The second-order valence-electron chi connectivity index (χ2n) is 9.36. The van der Waals surface area contributed by atoms with E-state index < -0.39 is 5.41 Å². The Morgan fingerprint density at radius 1 is 0.871 bits per heavy atom. The molecule has 3 aliphatic rings. The van der Waals surface area contributed by atoms with Crippen molar-refractivity contribution < 1.29 is 4.79 Å². The van der Waals surface area contributed by atoms with Crippen molar-refractivity contribution in [3.8, 4) is 6.07 Å². The Kier molecular flexibility index (Phi) is 7.54. The second kappa shape index (κ2) is 10.5. The molecule has 0 aliphatic carbocycles. The maximum Gasteiger partial charge on any atom is 0.243 e. The summed E-state index contributed by atoms with van der Waals surface area (Å²) in [7, 11) is 0. The number of carbonyl (C=O) groups excluding carboxylic acids is 1. The van der Waals surface area contributed by atoms with E-state index in [0.29, 0.717) is 12.8 Å². The summed E-state index contributed by atoms with van der Waals surface area (Å²) in [4.78, 5) is 26.9. The van der Waals surface area contributed by atoms with E-state index >= 15 is 0 Å². The molecule has 0 bridgehead atoms. The molecule has 0 saturated carbocycles. The summed E-state index contributed by atoms with van der Waals surface area (Å²) in [6.07, 6.45) is 8.55. The third kappa shape index (κ3) is 5.62. The molecule has 0 atom stereocenters. The number of hydrogen-bond acceptors (Lipinski definition) is 6. The SMILES string of the molecule is N#CC1(C(=O)N2CCCN(CCN3CCCC3)CC2)CCN(Cc2ccncc2)CC1. The Balaban J connectivity index is 1.27. The number of rotatable bonds is 6.